The van der Waals surface area contributed by atoms with Gasteiger partial charge in [0.05, 0.1) is 6.61 Å². The fraction of sp³-hybridized carbons (Fsp3) is 0.364. The van der Waals surface area contributed by atoms with Gasteiger partial charge in [-0.2, -0.15) is 0 Å². The van der Waals surface area contributed by atoms with Gasteiger partial charge >= 0.3 is 5.97 Å². The van der Waals surface area contributed by atoms with E-state index in [1.165, 1.54) is 12.1 Å². The maximum atomic E-state index is 11.4. The number of aliphatic carboxylic acids is 1. The Bertz CT molecular complexity index is 558. The van der Waals surface area contributed by atoms with Gasteiger partial charge in [0.15, 0.2) is 0 Å². The lowest BCUT2D eigenvalue weighted by molar-refractivity contribution is -0.137. The minimum atomic E-state index is -3.86. The highest BCUT2D eigenvalue weighted by Gasteiger charge is 2.15. The Hall–Kier alpha value is -1.12. The molecule has 1 aromatic carbocycles. The van der Waals surface area contributed by atoms with Crippen molar-refractivity contribution in [1.29, 1.82) is 0 Å². The van der Waals surface area contributed by atoms with Crippen LogP contribution in [0.15, 0.2) is 27.6 Å². The minimum absolute atomic E-state index is 0.0613. The first-order chi connectivity index (χ1) is 8.80. The maximum absolute atomic E-state index is 11.4. The zero-order chi connectivity index (χ0) is 14.5. The predicted molar refractivity (Wildman–Crippen MR) is 72.5 cm³/mol. The van der Waals surface area contributed by atoms with Crippen LogP contribution in [0.3, 0.4) is 0 Å². The van der Waals surface area contributed by atoms with Crippen LogP contribution < -0.4 is 9.88 Å². The number of unbranched alkanes of at least 4 members (excludes halogenated alkanes) is 1. The van der Waals surface area contributed by atoms with Crippen molar-refractivity contribution >= 4 is 31.9 Å². The van der Waals surface area contributed by atoms with E-state index in [1.54, 1.807) is 6.07 Å². The molecule has 0 spiro atoms. The predicted octanol–water partition coefficient (Wildman–Crippen LogP) is 1.73. The van der Waals surface area contributed by atoms with E-state index >= 15 is 0 Å². The standard InChI is InChI=1S/C11H14BrNO5S/c12-8-4-5-9(10(7-8)19(13,16)17)18-6-2-1-3-11(14)15/h4-5,7H,1-3,6H2,(H,14,15)(H2,13,16,17). The van der Waals surface area contributed by atoms with E-state index in [-0.39, 0.29) is 23.7 Å². The SMILES string of the molecule is NS(=O)(=O)c1cc(Br)ccc1OCCCCC(=O)O. The third-order valence-corrected chi connectivity index (χ3v) is 3.68. The summed E-state index contributed by atoms with van der Waals surface area (Å²) in [6, 6.07) is 4.50. The number of carboxylic acid groups (broad SMARTS) is 1. The van der Waals surface area contributed by atoms with E-state index in [0.717, 1.165) is 0 Å². The molecule has 3 N–H and O–H groups in total. The Balaban J connectivity index is 2.66. The van der Waals surface area contributed by atoms with Gasteiger partial charge in [-0.05, 0) is 31.0 Å². The highest BCUT2D eigenvalue weighted by molar-refractivity contribution is 9.10. The smallest absolute Gasteiger partial charge is 0.303 e. The van der Waals surface area contributed by atoms with Crippen molar-refractivity contribution in [2.75, 3.05) is 6.61 Å². The number of halogens is 1. The van der Waals surface area contributed by atoms with Gasteiger partial charge in [-0.15, -0.1) is 0 Å². The molecule has 0 unspecified atom stereocenters. The normalized spacial score (nSPS) is 11.3. The number of primary sulfonamides is 1. The summed E-state index contributed by atoms with van der Waals surface area (Å²) in [6.07, 6.45) is 1.05. The Morgan fingerprint density at radius 3 is 2.63 bits per heavy atom. The molecule has 0 heterocycles. The van der Waals surface area contributed by atoms with Crippen molar-refractivity contribution in [3.05, 3.63) is 22.7 Å². The monoisotopic (exact) mass is 351 g/mol. The molecule has 0 aromatic heterocycles. The quantitative estimate of drug-likeness (QED) is 0.727. The van der Waals surface area contributed by atoms with Gasteiger partial charge in [0, 0.05) is 10.9 Å². The van der Waals surface area contributed by atoms with E-state index in [1.807, 2.05) is 0 Å². The van der Waals surface area contributed by atoms with E-state index in [9.17, 15) is 13.2 Å². The van der Waals surface area contributed by atoms with Crippen LogP contribution in [-0.2, 0) is 14.8 Å². The molecule has 0 saturated heterocycles. The van der Waals surface area contributed by atoms with Gasteiger partial charge in [0.25, 0.3) is 0 Å². The lowest BCUT2D eigenvalue weighted by Gasteiger charge is -2.10. The molecule has 0 amide bonds. The van der Waals surface area contributed by atoms with Crippen LogP contribution in [0, 0.1) is 0 Å². The zero-order valence-corrected chi connectivity index (χ0v) is 12.4. The first kappa shape index (κ1) is 15.9. The molecule has 0 aliphatic rings. The summed E-state index contributed by atoms with van der Waals surface area (Å²) in [6.45, 7) is 0.234. The Kier molecular flexibility index (Phi) is 5.77. The number of nitrogens with two attached hydrogens (primary N) is 1. The van der Waals surface area contributed by atoms with Gasteiger partial charge < -0.3 is 9.84 Å². The fourth-order valence-corrected chi connectivity index (χ4v) is 2.60. The average Bonchev–Trinajstić information content (AvgIpc) is 2.28. The van der Waals surface area contributed by atoms with Crippen molar-refractivity contribution < 1.29 is 23.1 Å². The molecular weight excluding hydrogens is 338 g/mol. The average molecular weight is 352 g/mol. The minimum Gasteiger partial charge on any atom is -0.492 e. The van der Waals surface area contributed by atoms with Crippen molar-refractivity contribution in [3.8, 4) is 5.75 Å². The molecule has 0 fully saturated rings. The van der Waals surface area contributed by atoms with Gasteiger partial charge in [0.2, 0.25) is 10.0 Å². The molecule has 19 heavy (non-hydrogen) atoms. The van der Waals surface area contributed by atoms with Crippen molar-refractivity contribution in [3.63, 3.8) is 0 Å². The Labute approximate surface area is 119 Å². The summed E-state index contributed by atoms with van der Waals surface area (Å²) >= 11 is 3.16. The fourth-order valence-electron chi connectivity index (χ4n) is 1.38. The van der Waals surface area contributed by atoms with Crippen LogP contribution in [0.2, 0.25) is 0 Å². The summed E-state index contributed by atoms with van der Waals surface area (Å²) in [7, 11) is -3.86. The number of rotatable bonds is 7. The molecule has 0 saturated carbocycles. The molecule has 0 aliphatic heterocycles. The van der Waals surface area contributed by atoms with Crippen LogP contribution in [0.5, 0.6) is 5.75 Å². The number of sulfonamides is 1. The second kappa shape index (κ2) is 6.88. The van der Waals surface area contributed by atoms with Gasteiger partial charge in [-0.1, -0.05) is 15.9 Å². The summed E-state index contributed by atoms with van der Waals surface area (Å²) in [4.78, 5) is 10.2. The number of hydrogen-bond acceptors (Lipinski definition) is 4. The van der Waals surface area contributed by atoms with E-state index in [4.69, 9.17) is 15.0 Å². The zero-order valence-electron chi connectivity index (χ0n) is 10.0. The topological polar surface area (TPSA) is 107 Å². The summed E-state index contributed by atoms with van der Waals surface area (Å²) in [5, 5.41) is 13.6. The largest absolute Gasteiger partial charge is 0.492 e. The molecule has 8 heteroatoms. The van der Waals surface area contributed by atoms with Crippen LogP contribution in [0.1, 0.15) is 19.3 Å². The van der Waals surface area contributed by atoms with E-state index in [2.05, 4.69) is 15.9 Å². The van der Waals surface area contributed by atoms with Crippen LogP contribution in [0.4, 0.5) is 0 Å². The summed E-state index contributed by atoms with van der Waals surface area (Å²) < 4.78 is 28.7. The molecule has 1 rings (SSSR count). The molecule has 0 radical (unpaired) electrons. The second-order valence-electron chi connectivity index (χ2n) is 3.84. The van der Waals surface area contributed by atoms with Crippen LogP contribution in [0.25, 0.3) is 0 Å². The second-order valence-corrected chi connectivity index (χ2v) is 6.28. The third kappa shape index (κ3) is 5.58. The summed E-state index contributed by atoms with van der Waals surface area (Å²) in [5.74, 6) is -0.699. The van der Waals surface area contributed by atoms with Crippen LogP contribution in [-0.4, -0.2) is 26.1 Å². The lowest BCUT2D eigenvalue weighted by atomic mass is 10.2. The number of ether oxygens (including phenoxy) is 1. The molecular formula is C11H14BrNO5S. The molecule has 1 aromatic rings. The highest BCUT2D eigenvalue weighted by atomic mass is 79.9. The van der Waals surface area contributed by atoms with Crippen molar-refractivity contribution in [2.45, 2.75) is 24.2 Å². The van der Waals surface area contributed by atoms with E-state index < -0.39 is 16.0 Å². The third-order valence-electron chi connectivity index (χ3n) is 2.25. The van der Waals surface area contributed by atoms with E-state index in [0.29, 0.717) is 17.3 Å². The van der Waals surface area contributed by atoms with Gasteiger partial charge in [0.1, 0.15) is 10.6 Å². The molecule has 0 atom stereocenters. The maximum Gasteiger partial charge on any atom is 0.303 e. The van der Waals surface area contributed by atoms with Crippen LogP contribution >= 0.6 is 15.9 Å². The number of benzene rings is 1. The summed E-state index contributed by atoms with van der Waals surface area (Å²) in [5.41, 5.74) is 0. The van der Waals surface area contributed by atoms with Gasteiger partial charge in [-0.3, -0.25) is 4.79 Å². The number of carboxylic acids is 1. The molecule has 106 valence electrons. The molecule has 0 bridgehead atoms. The first-order valence-corrected chi connectivity index (χ1v) is 7.81. The Morgan fingerprint density at radius 1 is 1.37 bits per heavy atom. The molecule has 6 nitrogen and oxygen atoms in total. The van der Waals surface area contributed by atoms with Gasteiger partial charge in [-0.25, -0.2) is 13.6 Å². The lowest BCUT2D eigenvalue weighted by Crippen LogP contribution is -2.14. The number of carbonyl (C=O) groups is 1. The molecule has 0 aliphatic carbocycles. The van der Waals surface area contributed by atoms with Crippen molar-refractivity contribution in [2.24, 2.45) is 5.14 Å². The highest BCUT2D eigenvalue weighted by Crippen LogP contribution is 2.26. The number of hydrogen-bond donors (Lipinski definition) is 2. The Morgan fingerprint density at radius 2 is 2.05 bits per heavy atom. The van der Waals surface area contributed by atoms with Crippen molar-refractivity contribution in [1.82, 2.24) is 0 Å². The first-order valence-electron chi connectivity index (χ1n) is 5.47.